The second-order valence-electron chi connectivity index (χ2n) is 6.04. The van der Waals surface area contributed by atoms with Crippen LogP contribution >= 0.6 is 0 Å². The average molecular weight is 288 g/mol. The molecule has 0 aromatic carbocycles. The lowest BCUT2D eigenvalue weighted by atomic mass is 10.1. The number of piperidine rings is 1. The first-order chi connectivity index (χ1) is 10.2. The second kappa shape index (κ2) is 6.43. The highest BCUT2D eigenvalue weighted by Crippen LogP contribution is 2.20. The number of anilines is 1. The minimum Gasteiger partial charge on any atom is -0.371 e. The van der Waals surface area contributed by atoms with Crippen LogP contribution in [0.25, 0.3) is 0 Å². The van der Waals surface area contributed by atoms with Crippen LogP contribution in [0.2, 0.25) is 0 Å². The first-order valence-electron chi connectivity index (χ1n) is 7.93. The van der Waals surface area contributed by atoms with Crippen LogP contribution < -0.4 is 4.90 Å². The number of amides is 1. The molecule has 0 N–H and O–H groups in total. The van der Waals surface area contributed by atoms with Gasteiger partial charge in [-0.3, -0.25) is 9.78 Å². The molecule has 2 aliphatic heterocycles. The molecule has 0 unspecified atom stereocenters. The summed E-state index contributed by atoms with van der Waals surface area (Å²) in [6.45, 7) is 5.66. The number of hydrogen-bond donors (Lipinski definition) is 0. The molecular weight excluding hydrogens is 264 g/mol. The molecule has 114 valence electrons. The first-order valence-corrected chi connectivity index (χ1v) is 7.93. The standard InChI is InChI=1S/C16H24N4O/c1-18-9-11-20(12-10-18)16(21)15-13-14(5-6-17-15)19-7-3-2-4-8-19/h5-6,13H,2-4,7-12H2,1H3. The predicted octanol–water partition coefficient (Wildman–Crippen LogP) is 1.46. The predicted molar refractivity (Wildman–Crippen MR) is 83.7 cm³/mol. The number of aromatic nitrogens is 1. The van der Waals surface area contributed by atoms with E-state index in [0.717, 1.165) is 45.0 Å². The van der Waals surface area contributed by atoms with E-state index in [2.05, 4.69) is 21.8 Å². The van der Waals surface area contributed by atoms with Crippen LogP contribution in [-0.4, -0.2) is 67.0 Å². The second-order valence-corrected chi connectivity index (χ2v) is 6.04. The summed E-state index contributed by atoms with van der Waals surface area (Å²) in [4.78, 5) is 23.4. The maximum Gasteiger partial charge on any atom is 0.272 e. The molecule has 0 aliphatic carbocycles. The number of carbonyl (C=O) groups is 1. The van der Waals surface area contributed by atoms with Crippen molar-refractivity contribution in [3.8, 4) is 0 Å². The molecule has 5 heteroatoms. The van der Waals surface area contributed by atoms with E-state index in [0.29, 0.717) is 5.69 Å². The summed E-state index contributed by atoms with van der Waals surface area (Å²) in [7, 11) is 2.09. The summed E-state index contributed by atoms with van der Waals surface area (Å²) in [6.07, 6.45) is 5.57. The van der Waals surface area contributed by atoms with Crippen LogP contribution in [0.5, 0.6) is 0 Å². The smallest absolute Gasteiger partial charge is 0.272 e. The SMILES string of the molecule is CN1CCN(C(=O)c2cc(N3CCCCC3)ccn2)CC1. The Morgan fingerprint density at radius 3 is 2.48 bits per heavy atom. The van der Waals surface area contributed by atoms with Crippen molar-refractivity contribution in [2.75, 3.05) is 51.2 Å². The van der Waals surface area contributed by atoms with E-state index in [1.165, 1.54) is 19.3 Å². The molecule has 21 heavy (non-hydrogen) atoms. The molecule has 0 atom stereocenters. The Hall–Kier alpha value is -1.62. The van der Waals surface area contributed by atoms with Crippen molar-refractivity contribution in [1.82, 2.24) is 14.8 Å². The van der Waals surface area contributed by atoms with E-state index >= 15 is 0 Å². The fourth-order valence-corrected chi connectivity index (χ4v) is 3.06. The summed E-state index contributed by atoms with van der Waals surface area (Å²) < 4.78 is 0. The lowest BCUT2D eigenvalue weighted by Crippen LogP contribution is -2.47. The Morgan fingerprint density at radius 2 is 1.76 bits per heavy atom. The Balaban J connectivity index is 1.71. The number of pyridine rings is 1. The fraction of sp³-hybridized carbons (Fsp3) is 0.625. The maximum atomic E-state index is 12.6. The highest BCUT2D eigenvalue weighted by molar-refractivity contribution is 5.93. The van der Waals surface area contributed by atoms with Crippen LogP contribution in [0.1, 0.15) is 29.8 Å². The number of hydrogen-bond acceptors (Lipinski definition) is 4. The zero-order valence-corrected chi connectivity index (χ0v) is 12.8. The van der Waals surface area contributed by atoms with E-state index < -0.39 is 0 Å². The molecular formula is C16H24N4O. The molecule has 1 aromatic heterocycles. The Kier molecular flexibility index (Phi) is 4.39. The Morgan fingerprint density at radius 1 is 1.05 bits per heavy atom. The fourth-order valence-electron chi connectivity index (χ4n) is 3.06. The van der Waals surface area contributed by atoms with E-state index in [1.807, 2.05) is 17.0 Å². The van der Waals surface area contributed by atoms with Crippen molar-refractivity contribution >= 4 is 11.6 Å². The molecule has 2 fully saturated rings. The topological polar surface area (TPSA) is 39.7 Å². The van der Waals surface area contributed by atoms with Crippen molar-refractivity contribution in [3.05, 3.63) is 24.0 Å². The van der Waals surface area contributed by atoms with Crippen molar-refractivity contribution in [2.45, 2.75) is 19.3 Å². The lowest BCUT2D eigenvalue weighted by Gasteiger charge is -2.32. The minimum absolute atomic E-state index is 0.0713. The van der Waals surface area contributed by atoms with Gasteiger partial charge in [-0.25, -0.2) is 0 Å². The van der Waals surface area contributed by atoms with Gasteiger partial charge in [-0.2, -0.15) is 0 Å². The van der Waals surface area contributed by atoms with Crippen LogP contribution in [0.15, 0.2) is 18.3 Å². The molecule has 1 amide bonds. The number of nitrogens with zero attached hydrogens (tertiary/aromatic N) is 4. The van der Waals surface area contributed by atoms with Gasteiger partial charge in [0.2, 0.25) is 0 Å². The third-order valence-corrected chi connectivity index (χ3v) is 4.47. The average Bonchev–Trinajstić information content (AvgIpc) is 2.56. The van der Waals surface area contributed by atoms with Gasteiger partial charge in [0.15, 0.2) is 0 Å². The molecule has 0 radical (unpaired) electrons. The summed E-state index contributed by atoms with van der Waals surface area (Å²) >= 11 is 0. The Bertz CT molecular complexity index is 491. The number of carbonyl (C=O) groups excluding carboxylic acids is 1. The van der Waals surface area contributed by atoms with E-state index in [9.17, 15) is 4.79 Å². The summed E-state index contributed by atoms with van der Waals surface area (Å²) in [5.41, 5.74) is 1.73. The van der Waals surface area contributed by atoms with Crippen molar-refractivity contribution in [1.29, 1.82) is 0 Å². The Labute approximate surface area is 126 Å². The number of rotatable bonds is 2. The monoisotopic (exact) mass is 288 g/mol. The van der Waals surface area contributed by atoms with Crippen LogP contribution in [0, 0.1) is 0 Å². The zero-order valence-electron chi connectivity index (χ0n) is 12.8. The largest absolute Gasteiger partial charge is 0.371 e. The van der Waals surface area contributed by atoms with Gasteiger partial charge in [0, 0.05) is 51.2 Å². The van der Waals surface area contributed by atoms with Gasteiger partial charge in [-0.05, 0) is 38.4 Å². The molecule has 3 heterocycles. The van der Waals surface area contributed by atoms with Gasteiger partial charge in [0.05, 0.1) is 0 Å². The van der Waals surface area contributed by atoms with Crippen molar-refractivity contribution in [3.63, 3.8) is 0 Å². The van der Waals surface area contributed by atoms with Crippen molar-refractivity contribution in [2.24, 2.45) is 0 Å². The summed E-state index contributed by atoms with van der Waals surface area (Å²) in [6, 6.07) is 3.98. The van der Waals surface area contributed by atoms with Gasteiger partial charge in [0.25, 0.3) is 5.91 Å². The van der Waals surface area contributed by atoms with Gasteiger partial charge >= 0.3 is 0 Å². The van der Waals surface area contributed by atoms with Crippen LogP contribution in [-0.2, 0) is 0 Å². The quantitative estimate of drug-likeness (QED) is 0.826. The molecule has 2 aliphatic rings. The molecule has 0 bridgehead atoms. The minimum atomic E-state index is 0.0713. The molecule has 0 spiro atoms. The lowest BCUT2D eigenvalue weighted by molar-refractivity contribution is 0.0658. The highest BCUT2D eigenvalue weighted by atomic mass is 16.2. The number of likely N-dealkylation sites (N-methyl/N-ethyl adjacent to an activating group) is 1. The molecule has 1 aromatic rings. The highest BCUT2D eigenvalue weighted by Gasteiger charge is 2.22. The molecule has 5 nitrogen and oxygen atoms in total. The molecule has 0 saturated carbocycles. The van der Waals surface area contributed by atoms with Gasteiger partial charge in [-0.15, -0.1) is 0 Å². The summed E-state index contributed by atoms with van der Waals surface area (Å²) in [5.74, 6) is 0.0713. The van der Waals surface area contributed by atoms with E-state index in [-0.39, 0.29) is 5.91 Å². The maximum absolute atomic E-state index is 12.6. The molecule has 2 saturated heterocycles. The molecule has 3 rings (SSSR count). The zero-order chi connectivity index (χ0) is 14.7. The van der Waals surface area contributed by atoms with Gasteiger partial charge < -0.3 is 14.7 Å². The van der Waals surface area contributed by atoms with Crippen LogP contribution in [0.3, 0.4) is 0 Å². The van der Waals surface area contributed by atoms with E-state index in [1.54, 1.807) is 6.20 Å². The number of piperazine rings is 1. The van der Waals surface area contributed by atoms with Crippen molar-refractivity contribution < 1.29 is 4.79 Å². The normalized spacial score (nSPS) is 20.6. The van der Waals surface area contributed by atoms with E-state index in [4.69, 9.17) is 0 Å². The summed E-state index contributed by atoms with van der Waals surface area (Å²) in [5, 5.41) is 0. The van der Waals surface area contributed by atoms with Gasteiger partial charge in [-0.1, -0.05) is 0 Å². The third-order valence-electron chi connectivity index (χ3n) is 4.47. The van der Waals surface area contributed by atoms with Gasteiger partial charge in [0.1, 0.15) is 5.69 Å². The third kappa shape index (κ3) is 3.35. The first kappa shape index (κ1) is 14.3. The van der Waals surface area contributed by atoms with Crippen LogP contribution in [0.4, 0.5) is 5.69 Å².